The van der Waals surface area contributed by atoms with Gasteiger partial charge in [-0.2, -0.15) is 0 Å². The van der Waals surface area contributed by atoms with Gasteiger partial charge in [0.2, 0.25) is 17.7 Å². The van der Waals surface area contributed by atoms with Gasteiger partial charge in [-0.1, -0.05) is 90.0 Å². The molecule has 0 unspecified atom stereocenters. The highest BCUT2D eigenvalue weighted by Crippen LogP contribution is 2.31. The highest BCUT2D eigenvalue weighted by Gasteiger charge is 2.42. The third-order valence-electron chi connectivity index (χ3n) is 12.1. The molecule has 17 heteroatoms. The summed E-state index contributed by atoms with van der Waals surface area (Å²) in [6, 6.07) is 12.7. The first-order valence-electron chi connectivity index (χ1n) is 23.8. The van der Waals surface area contributed by atoms with Crippen molar-refractivity contribution < 1.29 is 37.2 Å². The molecule has 1 saturated heterocycles. The molecule has 0 radical (unpaired) electrons. The highest BCUT2D eigenvalue weighted by atomic mass is 127. The van der Waals surface area contributed by atoms with Gasteiger partial charge < -0.3 is 26.2 Å². The molecule has 1 aromatic heterocycles. The topological polar surface area (TPSA) is 154 Å². The second-order valence-corrected chi connectivity index (χ2v) is 20.6. The molecule has 0 spiro atoms. The lowest BCUT2D eigenvalue weighted by Crippen LogP contribution is -2.57. The van der Waals surface area contributed by atoms with Gasteiger partial charge in [-0.25, -0.2) is 23.6 Å². The number of hydrogen-bond acceptors (Lipinski definition) is 9. The number of likely N-dealkylation sites (tertiary alicyclic amines) is 1. The molecule has 1 fully saturated rings. The van der Waals surface area contributed by atoms with Crippen molar-refractivity contribution in [3.8, 4) is 10.4 Å². The molecule has 0 aliphatic carbocycles. The van der Waals surface area contributed by atoms with Gasteiger partial charge in [0.05, 0.1) is 45.7 Å². The number of rotatable bonds is 26. The van der Waals surface area contributed by atoms with Gasteiger partial charge >= 0.3 is 0 Å². The largest absolute Gasteiger partial charge is 0.350 e. The Morgan fingerprint density at radius 2 is 1.54 bits per heavy atom. The number of nitrogens with one attached hydrogen (secondary N) is 5. The Morgan fingerprint density at radius 1 is 0.868 bits per heavy atom. The number of aromatic nitrogens is 1. The van der Waals surface area contributed by atoms with Crippen molar-refractivity contribution in [1.82, 2.24) is 31.3 Å². The number of amides is 4. The molecular weight excluding hydrogens is 1010 g/mol. The van der Waals surface area contributed by atoms with Crippen LogP contribution in [0.15, 0.2) is 60.1 Å². The van der Waals surface area contributed by atoms with Gasteiger partial charge in [0.25, 0.3) is 5.91 Å². The third-order valence-corrected chi connectivity index (χ3v) is 13.7. The summed E-state index contributed by atoms with van der Waals surface area (Å²) in [5.41, 5.74) is 5.78. The van der Waals surface area contributed by atoms with Crippen molar-refractivity contribution in [1.29, 1.82) is 0 Å². The van der Waals surface area contributed by atoms with E-state index in [-0.39, 0.29) is 41.6 Å². The first kappa shape index (κ1) is 54.4. The predicted molar refractivity (Wildman–Crippen MR) is 271 cm³/mol. The van der Waals surface area contributed by atoms with Gasteiger partial charge in [0.1, 0.15) is 17.9 Å². The molecule has 5 N–H and O–H groups in total. The monoisotopic (exact) mass is 1070 g/mol. The zero-order valence-electron chi connectivity index (χ0n) is 39.9. The zero-order valence-corrected chi connectivity index (χ0v) is 42.9. The molecule has 4 amide bonds. The van der Waals surface area contributed by atoms with Gasteiger partial charge in [-0.05, 0) is 129 Å². The molecule has 4 aromatic rings. The molecule has 3 aromatic carbocycles. The quantitative estimate of drug-likeness (QED) is 0.0237. The van der Waals surface area contributed by atoms with Gasteiger partial charge in [-0.3, -0.25) is 24.0 Å². The van der Waals surface area contributed by atoms with Gasteiger partial charge in [0.15, 0.2) is 11.6 Å². The number of carbonyl (C=O) groups is 4. The van der Waals surface area contributed by atoms with Crippen molar-refractivity contribution >= 4 is 68.9 Å². The predicted octanol–water partition coefficient (Wildman–Crippen LogP) is 10.8. The Labute approximate surface area is 416 Å². The Morgan fingerprint density at radius 3 is 2.21 bits per heavy atom. The summed E-state index contributed by atoms with van der Waals surface area (Å²) in [5, 5.41) is 12.0. The summed E-state index contributed by atoms with van der Waals surface area (Å²) >= 11 is 3.53. The number of hydrogen-bond donors (Lipinski definition) is 5. The number of halogens is 4. The second kappa shape index (κ2) is 27.0. The van der Waals surface area contributed by atoms with Crippen molar-refractivity contribution in [3.05, 3.63) is 98.0 Å². The van der Waals surface area contributed by atoms with E-state index < -0.39 is 46.5 Å². The maximum Gasteiger partial charge on any atom is 0.277 e. The van der Waals surface area contributed by atoms with Gasteiger partial charge in [0, 0.05) is 16.5 Å². The summed E-state index contributed by atoms with van der Waals surface area (Å²) in [5.74, 6) is -4.49. The minimum atomic E-state index is -1.30. The molecule has 0 bridgehead atoms. The van der Waals surface area contributed by atoms with Crippen LogP contribution in [0.25, 0.3) is 10.4 Å². The van der Waals surface area contributed by atoms with Crippen LogP contribution in [0.2, 0.25) is 0 Å². The fraction of sp³-hybridized carbons (Fsp3) is 0.510. The Bertz CT molecular complexity index is 2290. The van der Waals surface area contributed by atoms with Crippen LogP contribution < -0.4 is 26.7 Å². The number of aryl methyl sites for hydroxylation is 1. The standard InChI is InChI=1S/C51H67F3IN7O5S/c1-33(35-19-21-36(22-20-35)46-34(2)57-32-68-46)58-49(65)42-17-15-29-62(42)50(66)47(51(3,4)5)60-43(63)18-13-11-9-7-6-8-10-12-14-27-56-28-16-30-67-61-48(64)38-24-25-39(52)44(54)45(38)59-41-26-23-37(55)31-40(41)53/h19-26,31-33,42,47,56,59H,6-18,27-30H2,1-5H3,(H,58,65)(H,60,63)(H,61,64)/t33-,42-,47+/m0/s1. The third kappa shape index (κ3) is 16.3. The van der Waals surface area contributed by atoms with E-state index in [4.69, 9.17) is 4.84 Å². The smallest absolute Gasteiger partial charge is 0.277 e. The Balaban J connectivity index is 0.885. The minimum absolute atomic E-state index is 0.102. The number of unbranched alkanes of at least 4 members (excludes halogenated alkanes) is 8. The Hall–Kier alpha value is -4.59. The average molecular weight is 1070 g/mol. The van der Waals surface area contributed by atoms with Crippen LogP contribution in [-0.2, 0) is 19.2 Å². The fourth-order valence-electron chi connectivity index (χ4n) is 8.17. The van der Waals surface area contributed by atoms with E-state index in [1.807, 2.05) is 87.0 Å². The number of thiazole rings is 1. The molecule has 3 atom stereocenters. The Kier molecular flexibility index (Phi) is 21.6. The zero-order chi connectivity index (χ0) is 49.2. The lowest BCUT2D eigenvalue weighted by Gasteiger charge is -2.35. The molecule has 1 aliphatic rings. The molecule has 5 rings (SSSR count). The number of anilines is 2. The van der Waals surface area contributed by atoms with E-state index in [1.54, 1.807) is 22.3 Å². The van der Waals surface area contributed by atoms with Crippen molar-refractivity contribution in [2.75, 3.05) is 31.6 Å². The highest BCUT2D eigenvalue weighted by molar-refractivity contribution is 14.1. The molecule has 1 aliphatic heterocycles. The van der Waals surface area contributed by atoms with E-state index in [0.29, 0.717) is 35.9 Å². The second-order valence-electron chi connectivity index (χ2n) is 18.5. The molecule has 68 heavy (non-hydrogen) atoms. The van der Waals surface area contributed by atoms with E-state index in [9.17, 15) is 32.3 Å². The molecule has 370 valence electrons. The molecule has 12 nitrogen and oxygen atoms in total. The van der Waals surface area contributed by atoms with Crippen LogP contribution in [-0.4, -0.2) is 71.8 Å². The number of nitrogens with zero attached hydrogens (tertiary/aromatic N) is 2. The van der Waals surface area contributed by atoms with E-state index in [0.717, 1.165) is 105 Å². The first-order chi connectivity index (χ1) is 32.5. The van der Waals surface area contributed by atoms with Crippen LogP contribution in [0, 0.1) is 33.4 Å². The lowest BCUT2D eigenvalue weighted by atomic mass is 9.85. The SMILES string of the molecule is Cc1ncsc1-c1ccc([C@H](C)NC(=O)[C@@H]2CCCN2C(=O)[C@@H](NC(=O)CCCCCCCCCCCNCCCONC(=O)c2ccc(F)c(F)c2Nc2ccc(I)cc2F)C(C)(C)C)cc1. The normalized spacial score (nSPS) is 14.7. The molecule has 2 heterocycles. The van der Waals surface area contributed by atoms with Crippen LogP contribution in [0.3, 0.4) is 0 Å². The van der Waals surface area contributed by atoms with E-state index >= 15 is 0 Å². The van der Waals surface area contributed by atoms with Crippen molar-refractivity contribution in [2.24, 2.45) is 5.41 Å². The van der Waals surface area contributed by atoms with Crippen LogP contribution in [0.4, 0.5) is 24.5 Å². The van der Waals surface area contributed by atoms with E-state index in [2.05, 4.69) is 31.7 Å². The maximum absolute atomic E-state index is 14.7. The van der Waals surface area contributed by atoms with Crippen LogP contribution in [0.1, 0.15) is 139 Å². The summed E-state index contributed by atoms with van der Waals surface area (Å²) in [7, 11) is 0. The number of benzene rings is 3. The van der Waals surface area contributed by atoms with E-state index in [1.165, 1.54) is 12.1 Å². The van der Waals surface area contributed by atoms with Crippen LogP contribution in [0.5, 0.6) is 0 Å². The first-order valence-corrected chi connectivity index (χ1v) is 25.7. The number of hydroxylamine groups is 1. The van der Waals surface area contributed by atoms with Crippen molar-refractivity contribution in [3.63, 3.8) is 0 Å². The van der Waals surface area contributed by atoms with Crippen LogP contribution >= 0.6 is 33.9 Å². The molecular formula is C51H67F3IN7O5S. The summed E-state index contributed by atoms with van der Waals surface area (Å²) in [6.45, 7) is 12.0. The maximum atomic E-state index is 14.7. The minimum Gasteiger partial charge on any atom is -0.350 e. The molecule has 0 saturated carbocycles. The van der Waals surface area contributed by atoms with Crippen molar-refractivity contribution in [2.45, 2.75) is 136 Å². The summed E-state index contributed by atoms with van der Waals surface area (Å²) < 4.78 is 43.7. The summed E-state index contributed by atoms with van der Waals surface area (Å²) in [6.07, 6.45) is 11.7. The lowest BCUT2D eigenvalue weighted by molar-refractivity contribution is -0.144. The average Bonchev–Trinajstić information content (AvgIpc) is 3.98. The fourth-order valence-corrected chi connectivity index (χ4v) is 9.44. The summed E-state index contributed by atoms with van der Waals surface area (Å²) in [4.78, 5) is 65.9. The van der Waals surface area contributed by atoms with Gasteiger partial charge in [-0.15, -0.1) is 11.3 Å². The number of carbonyl (C=O) groups excluding carboxylic acids is 4.